The van der Waals surface area contributed by atoms with Gasteiger partial charge in [0.05, 0.1) is 4.88 Å². The van der Waals surface area contributed by atoms with Crippen molar-refractivity contribution in [3.8, 4) is 10.7 Å². The molecule has 1 atom stereocenters. The van der Waals surface area contributed by atoms with Crippen molar-refractivity contribution < 1.29 is 4.79 Å². The van der Waals surface area contributed by atoms with Crippen LogP contribution >= 0.6 is 23.6 Å². The number of amides is 1. The molecule has 112 valence electrons. The van der Waals surface area contributed by atoms with Gasteiger partial charge in [-0.05, 0) is 49.3 Å². The quantitative estimate of drug-likeness (QED) is 0.831. The molecule has 0 saturated heterocycles. The van der Waals surface area contributed by atoms with E-state index >= 15 is 0 Å². The Labute approximate surface area is 132 Å². The van der Waals surface area contributed by atoms with E-state index < -0.39 is 0 Å². The van der Waals surface area contributed by atoms with Crippen LogP contribution in [0.2, 0.25) is 0 Å². The Morgan fingerprint density at radius 2 is 2.48 bits per heavy atom. The van der Waals surface area contributed by atoms with Gasteiger partial charge in [0.2, 0.25) is 5.91 Å². The van der Waals surface area contributed by atoms with E-state index in [1.165, 1.54) is 19.3 Å². The molecule has 0 aromatic carbocycles. The third-order valence-electron chi connectivity index (χ3n) is 4.00. The topological polar surface area (TPSA) is 62.7 Å². The van der Waals surface area contributed by atoms with E-state index in [1.807, 2.05) is 24.4 Å². The molecule has 2 N–H and O–H groups in total. The second-order valence-corrected chi connectivity index (χ2v) is 6.75. The van der Waals surface area contributed by atoms with Crippen molar-refractivity contribution in [2.75, 3.05) is 6.54 Å². The number of hydrogen-bond donors (Lipinski definition) is 2. The Morgan fingerprint density at radius 1 is 1.67 bits per heavy atom. The van der Waals surface area contributed by atoms with E-state index in [0.29, 0.717) is 10.7 Å². The van der Waals surface area contributed by atoms with Crippen molar-refractivity contribution in [1.29, 1.82) is 0 Å². The lowest BCUT2D eigenvalue weighted by atomic mass is 9.85. The lowest BCUT2D eigenvalue weighted by Gasteiger charge is -2.26. The van der Waals surface area contributed by atoms with Gasteiger partial charge in [-0.25, -0.2) is 0 Å². The Kier molecular flexibility index (Phi) is 4.21. The maximum absolute atomic E-state index is 12.3. The molecule has 0 unspecified atom stereocenters. The number of thiophene rings is 1. The molecule has 0 aliphatic heterocycles. The molecule has 1 aliphatic rings. The van der Waals surface area contributed by atoms with E-state index in [2.05, 4.69) is 15.5 Å². The maximum Gasteiger partial charge on any atom is 0.242 e. The van der Waals surface area contributed by atoms with Crippen LogP contribution < -0.4 is 5.32 Å². The number of carbonyl (C=O) groups is 1. The molecule has 0 radical (unpaired) electrons. The number of aromatic nitrogens is 3. The highest BCUT2D eigenvalue weighted by Gasteiger charge is 2.23. The summed E-state index contributed by atoms with van der Waals surface area (Å²) in [6, 6.07) is 3.57. The Hall–Kier alpha value is -1.47. The zero-order chi connectivity index (χ0) is 14.8. The zero-order valence-electron chi connectivity index (χ0n) is 11.8. The van der Waals surface area contributed by atoms with Gasteiger partial charge in [0.25, 0.3) is 0 Å². The monoisotopic (exact) mass is 322 g/mol. The Morgan fingerprint density at radius 3 is 3.10 bits per heavy atom. The summed E-state index contributed by atoms with van der Waals surface area (Å²) in [7, 11) is 0. The van der Waals surface area contributed by atoms with Crippen LogP contribution in [0.1, 0.15) is 32.2 Å². The fourth-order valence-electron chi connectivity index (χ4n) is 2.45. The summed E-state index contributed by atoms with van der Waals surface area (Å²) < 4.78 is 2.27. The molecular weight excluding hydrogens is 304 g/mol. The average Bonchev–Trinajstić information content (AvgIpc) is 3.04. The first-order valence-electron chi connectivity index (χ1n) is 7.15. The van der Waals surface area contributed by atoms with Gasteiger partial charge in [-0.3, -0.25) is 14.5 Å². The summed E-state index contributed by atoms with van der Waals surface area (Å²) in [6.45, 7) is 2.63. The Balaban J connectivity index is 1.77. The van der Waals surface area contributed by atoms with Crippen LogP contribution in [-0.4, -0.2) is 27.2 Å². The number of nitrogens with one attached hydrogen (secondary N) is 2. The van der Waals surface area contributed by atoms with Gasteiger partial charge in [0.1, 0.15) is 6.04 Å². The number of hydrogen-bond acceptors (Lipinski definition) is 4. The minimum absolute atomic E-state index is 0.00259. The normalized spacial score (nSPS) is 16.4. The van der Waals surface area contributed by atoms with Crippen LogP contribution in [-0.2, 0) is 4.79 Å². The zero-order valence-corrected chi connectivity index (χ0v) is 13.5. The fourth-order valence-corrected chi connectivity index (χ4v) is 3.45. The molecule has 1 amide bonds. The lowest BCUT2D eigenvalue weighted by Crippen LogP contribution is -2.36. The molecule has 0 bridgehead atoms. The lowest BCUT2D eigenvalue weighted by molar-refractivity contribution is -0.124. The molecule has 2 heterocycles. The standard InChI is InChI=1S/C14H18N4OS2/c1-9(13(19)15-8-10-4-2-5-10)18-12(16-17-14(18)20)11-6-3-7-21-11/h3,6-7,9-10H,2,4-5,8H2,1H3,(H,15,19)(H,17,20)/t9-/m0/s1. The van der Waals surface area contributed by atoms with E-state index in [0.717, 1.165) is 17.2 Å². The first-order valence-corrected chi connectivity index (χ1v) is 8.44. The first kappa shape index (κ1) is 14.5. The van der Waals surface area contributed by atoms with Crippen molar-refractivity contribution >= 4 is 29.5 Å². The summed E-state index contributed by atoms with van der Waals surface area (Å²) in [5.41, 5.74) is 0. The highest BCUT2D eigenvalue weighted by molar-refractivity contribution is 7.71. The molecule has 0 spiro atoms. The second kappa shape index (κ2) is 6.11. The molecule has 2 aromatic rings. The van der Waals surface area contributed by atoms with E-state index in [-0.39, 0.29) is 11.9 Å². The molecule has 2 aromatic heterocycles. The van der Waals surface area contributed by atoms with Gasteiger partial charge in [-0.1, -0.05) is 12.5 Å². The van der Waals surface area contributed by atoms with Gasteiger partial charge < -0.3 is 5.32 Å². The summed E-state index contributed by atoms with van der Waals surface area (Å²) >= 11 is 6.86. The SMILES string of the molecule is C[C@@H](C(=O)NCC1CCC1)n1c(-c2cccs2)n[nH]c1=S. The number of nitrogens with zero attached hydrogens (tertiary/aromatic N) is 2. The minimum Gasteiger partial charge on any atom is -0.354 e. The van der Waals surface area contributed by atoms with Crippen LogP contribution in [0.4, 0.5) is 0 Å². The van der Waals surface area contributed by atoms with Crippen LogP contribution in [0.15, 0.2) is 17.5 Å². The molecular formula is C14H18N4OS2. The van der Waals surface area contributed by atoms with Crippen LogP contribution in [0.3, 0.4) is 0 Å². The molecule has 21 heavy (non-hydrogen) atoms. The van der Waals surface area contributed by atoms with Gasteiger partial charge in [0.15, 0.2) is 10.6 Å². The van der Waals surface area contributed by atoms with Crippen LogP contribution in [0.5, 0.6) is 0 Å². The summed E-state index contributed by atoms with van der Waals surface area (Å²) in [6.07, 6.45) is 3.73. The van der Waals surface area contributed by atoms with Gasteiger partial charge in [-0.2, -0.15) is 5.10 Å². The van der Waals surface area contributed by atoms with Crippen LogP contribution in [0, 0.1) is 10.7 Å². The highest BCUT2D eigenvalue weighted by atomic mass is 32.1. The summed E-state index contributed by atoms with van der Waals surface area (Å²) in [5.74, 6) is 1.37. The number of H-pyrrole nitrogens is 1. The van der Waals surface area contributed by atoms with Crippen molar-refractivity contribution in [3.63, 3.8) is 0 Å². The highest BCUT2D eigenvalue weighted by Crippen LogP contribution is 2.27. The largest absolute Gasteiger partial charge is 0.354 e. The first-order chi connectivity index (χ1) is 10.2. The van der Waals surface area contributed by atoms with E-state index in [4.69, 9.17) is 12.2 Å². The van der Waals surface area contributed by atoms with Crippen molar-refractivity contribution in [3.05, 3.63) is 22.3 Å². The molecule has 1 fully saturated rings. The fraction of sp³-hybridized carbons (Fsp3) is 0.500. The van der Waals surface area contributed by atoms with E-state index in [9.17, 15) is 4.79 Å². The summed E-state index contributed by atoms with van der Waals surface area (Å²) in [4.78, 5) is 13.3. The van der Waals surface area contributed by atoms with Crippen molar-refractivity contribution in [1.82, 2.24) is 20.1 Å². The van der Waals surface area contributed by atoms with Gasteiger partial charge in [0, 0.05) is 6.54 Å². The average molecular weight is 322 g/mol. The van der Waals surface area contributed by atoms with Crippen LogP contribution in [0.25, 0.3) is 10.7 Å². The van der Waals surface area contributed by atoms with Crippen molar-refractivity contribution in [2.24, 2.45) is 5.92 Å². The predicted octanol–water partition coefficient (Wildman–Crippen LogP) is 3.15. The molecule has 5 nitrogen and oxygen atoms in total. The molecule has 3 rings (SSSR count). The minimum atomic E-state index is -0.367. The second-order valence-electron chi connectivity index (χ2n) is 5.42. The maximum atomic E-state index is 12.3. The third kappa shape index (κ3) is 2.94. The van der Waals surface area contributed by atoms with E-state index in [1.54, 1.807) is 15.9 Å². The third-order valence-corrected chi connectivity index (χ3v) is 5.16. The number of carbonyl (C=O) groups excluding carboxylic acids is 1. The smallest absolute Gasteiger partial charge is 0.242 e. The van der Waals surface area contributed by atoms with Gasteiger partial charge in [-0.15, -0.1) is 11.3 Å². The molecule has 7 heteroatoms. The molecule has 1 saturated carbocycles. The molecule has 1 aliphatic carbocycles. The van der Waals surface area contributed by atoms with Gasteiger partial charge >= 0.3 is 0 Å². The summed E-state index contributed by atoms with van der Waals surface area (Å²) in [5, 5.41) is 12.1. The Bertz CT molecular complexity index is 669. The predicted molar refractivity (Wildman–Crippen MR) is 85.8 cm³/mol. The number of aromatic amines is 1. The number of rotatable bonds is 5. The van der Waals surface area contributed by atoms with Crippen molar-refractivity contribution in [2.45, 2.75) is 32.2 Å².